The number of rotatable bonds is 4. The van der Waals surface area contributed by atoms with Gasteiger partial charge in [0.15, 0.2) is 11.4 Å². The summed E-state index contributed by atoms with van der Waals surface area (Å²) >= 11 is 0. The molecule has 0 N–H and O–H groups in total. The van der Waals surface area contributed by atoms with E-state index in [4.69, 9.17) is 9.47 Å². The van der Waals surface area contributed by atoms with E-state index in [1.54, 1.807) is 24.3 Å². The molecule has 1 atom stereocenters. The van der Waals surface area contributed by atoms with E-state index in [1.165, 1.54) is 6.92 Å². The highest BCUT2D eigenvalue weighted by atomic mass is 16.6. The van der Waals surface area contributed by atoms with E-state index >= 15 is 0 Å². The highest BCUT2D eigenvalue weighted by Gasteiger charge is 2.38. The second-order valence-corrected chi connectivity index (χ2v) is 4.48. The van der Waals surface area contributed by atoms with Crippen molar-refractivity contribution in [2.24, 2.45) is 0 Å². The second kappa shape index (κ2) is 5.80. The fourth-order valence-corrected chi connectivity index (χ4v) is 1.90. The highest BCUT2D eigenvalue weighted by molar-refractivity contribution is 5.90. The predicted octanol–water partition coefficient (Wildman–Crippen LogP) is 2.15. The van der Waals surface area contributed by atoms with Crippen LogP contribution in [0.4, 0.5) is 0 Å². The molecule has 1 unspecified atom stereocenters. The molecular formula is C15H16O4. The number of esters is 1. The summed E-state index contributed by atoms with van der Waals surface area (Å²) in [6.07, 6.45) is 4.16. The van der Waals surface area contributed by atoms with Crippen LogP contribution in [0.1, 0.15) is 23.7 Å². The number of carbonyl (C=O) groups is 2. The summed E-state index contributed by atoms with van der Waals surface area (Å²) in [6.45, 7) is 1.76. The summed E-state index contributed by atoms with van der Waals surface area (Å²) in [6, 6.07) is 8.69. The zero-order valence-electron chi connectivity index (χ0n) is 10.8. The van der Waals surface area contributed by atoms with Crippen molar-refractivity contribution in [1.29, 1.82) is 0 Å². The molecule has 0 amide bonds. The Bertz CT molecular complexity index is 492. The lowest BCUT2D eigenvalue weighted by molar-refractivity contribution is -0.147. The van der Waals surface area contributed by atoms with Gasteiger partial charge in [-0.15, -0.1) is 0 Å². The SMILES string of the molecule is CC(=O)C1(COC(=O)c2ccccc2)CC=CCO1. The van der Waals surface area contributed by atoms with Gasteiger partial charge in [-0.05, 0) is 19.1 Å². The van der Waals surface area contributed by atoms with Gasteiger partial charge in [0.05, 0.1) is 12.2 Å². The van der Waals surface area contributed by atoms with Gasteiger partial charge in [0, 0.05) is 6.42 Å². The third kappa shape index (κ3) is 3.09. The Morgan fingerprint density at radius 1 is 1.26 bits per heavy atom. The minimum absolute atomic E-state index is 0.0552. The molecule has 0 spiro atoms. The van der Waals surface area contributed by atoms with Crippen molar-refractivity contribution in [2.75, 3.05) is 13.2 Å². The molecule has 0 fully saturated rings. The molecule has 0 aromatic heterocycles. The quantitative estimate of drug-likeness (QED) is 0.615. The highest BCUT2D eigenvalue weighted by Crippen LogP contribution is 2.23. The first-order chi connectivity index (χ1) is 9.14. The monoisotopic (exact) mass is 260 g/mol. The largest absolute Gasteiger partial charge is 0.459 e. The van der Waals surface area contributed by atoms with E-state index in [0.717, 1.165) is 0 Å². The summed E-state index contributed by atoms with van der Waals surface area (Å²) < 4.78 is 10.7. The molecule has 0 saturated heterocycles. The Morgan fingerprint density at radius 2 is 2.00 bits per heavy atom. The first-order valence-electron chi connectivity index (χ1n) is 6.16. The molecular weight excluding hydrogens is 244 g/mol. The van der Waals surface area contributed by atoms with Crippen LogP contribution >= 0.6 is 0 Å². The molecule has 1 heterocycles. The first kappa shape index (κ1) is 13.5. The zero-order chi connectivity index (χ0) is 13.7. The van der Waals surface area contributed by atoms with Crippen molar-refractivity contribution < 1.29 is 19.1 Å². The van der Waals surface area contributed by atoms with Crippen molar-refractivity contribution in [1.82, 2.24) is 0 Å². The minimum atomic E-state index is -1.03. The molecule has 1 aliphatic rings. The van der Waals surface area contributed by atoms with Gasteiger partial charge >= 0.3 is 5.97 Å². The molecule has 1 aliphatic heterocycles. The summed E-state index contributed by atoms with van der Waals surface area (Å²) in [5, 5.41) is 0. The molecule has 19 heavy (non-hydrogen) atoms. The number of hydrogen-bond acceptors (Lipinski definition) is 4. The van der Waals surface area contributed by atoms with Gasteiger partial charge in [-0.3, -0.25) is 4.79 Å². The van der Waals surface area contributed by atoms with Gasteiger partial charge in [0.2, 0.25) is 0 Å². The lowest BCUT2D eigenvalue weighted by Gasteiger charge is -2.31. The summed E-state index contributed by atoms with van der Waals surface area (Å²) in [5.74, 6) is -0.572. The van der Waals surface area contributed by atoms with Gasteiger partial charge < -0.3 is 9.47 Å². The topological polar surface area (TPSA) is 52.6 Å². The molecule has 0 radical (unpaired) electrons. The fourth-order valence-electron chi connectivity index (χ4n) is 1.90. The van der Waals surface area contributed by atoms with Crippen molar-refractivity contribution >= 4 is 11.8 Å². The average Bonchev–Trinajstić information content (AvgIpc) is 2.46. The van der Waals surface area contributed by atoms with Crippen molar-refractivity contribution in [3.8, 4) is 0 Å². The molecule has 4 nitrogen and oxygen atoms in total. The van der Waals surface area contributed by atoms with Crippen LogP contribution in [0.25, 0.3) is 0 Å². The molecule has 1 aromatic rings. The van der Waals surface area contributed by atoms with Crippen LogP contribution in [0.2, 0.25) is 0 Å². The second-order valence-electron chi connectivity index (χ2n) is 4.48. The van der Waals surface area contributed by atoms with Crippen LogP contribution in [0.3, 0.4) is 0 Å². The van der Waals surface area contributed by atoms with Crippen molar-refractivity contribution in [3.05, 3.63) is 48.0 Å². The van der Waals surface area contributed by atoms with Gasteiger partial charge in [-0.25, -0.2) is 4.79 Å². The maximum atomic E-state index is 11.8. The molecule has 2 rings (SSSR count). The Morgan fingerprint density at radius 3 is 2.58 bits per heavy atom. The Kier molecular flexibility index (Phi) is 4.12. The molecule has 0 saturated carbocycles. The predicted molar refractivity (Wildman–Crippen MR) is 69.8 cm³/mol. The van der Waals surface area contributed by atoms with Crippen LogP contribution in [0.15, 0.2) is 42.5 Å². The number of Topliss-reactive ketones (excluding diaryl/α,β-unsaturated/α-hetero) is 1. The zero-order valence-corrected chi connectivity index (χ0v) is 10.8. The van der Waals surface area contributed by atoms with Gasteiger partial charge in [-0.2, -0.15) is 0 Å². The van der Waals surface area contributed by atoms with E-state index in [2.05, 4.69) is 0 Å². The Balaban J connectivity index is 2.02. The van der Waals surface area contributed by atoms with Crippen molar-refractivity contribution in [3.63, 3.8) is 0 Å². The molecule has 0 aliphatic carbocycles. The average molecular weight is 260 g/mol. The van der Waals surface area contributed by atoms with Crippen LogP contribution in [-0.4, -0.2) is 30.6 Å². The van der Waals surface area contributed by atoms with Crippen LogP contribution in [0, 0.1) is 0 Å². The number of hydrogen-bond donors (Lipinski definition) is 0. The summed E-state index contributed by atoms with van der Waals surface area (Å²) in [4.78, 5) is 23.6. The smallest absolute Gasteiger partial charge is 0.338 e. The van der Waals surface area contributed by atoms with Crippen LogP contribution in [-0.2, 0) is 14.3 Å². The third-order valence-electron chi connectivity index (χ3n) is 3.16. The summed E-state index contributed by atoms with van der Waals surface area (Å²) in [5.41, 5.74) is -0.563. The van der Waals surface area contributed by atoms with Crippen molar-refractivity contribution in [2.45, 2.75) is 18.9 Å². The Hall–Kier alpha value is -1.94. The molecule has 1 aromatic carbocycles. The maximum Gasteiger partial charge on any atom is 0.338 e. The fraction of sp³-hybridized carbons (Fsp3) is 0.333. The first-order valence-corrected chi connectivity index (χ1v) is 6.16. The van der Waals surface area contributed by atoms with Gasteiger partial charge in [0.1, 0.15) is 6.61 Å². The molecule has 0 bridgehead atoms. The minimum Gasteiger partial charge on any atom is -0.459 e. The third-order valence-corrected chi connectivity index (χ3v) is 3.16. The van der Waals surface area contributed by atoms with E-state index < -0.39 is 11.6 Å². The number of benzene rings is 1. The van der Waals surface area contributed by atoms with E-state index in [0.29, 0.717) is 18.6 Å². The van der Waals surface area contributed by atoms with Gasteiger partial charge in [0.25, 0.3) is 0 Å². The summed E-state index contributed by atoms with van der Waals surface area (Å²) in [7, 11) is 0. The lowest BCUT2D eigenvalue weighted by atomic mass is 9.94. The maximum absolute atomic E-state index is 11.8. The van der Waals surface area contributed by atoms with Crippen LogP contribution in [0.5, 0.6) is 0 Å². The molecule has 100 valence electrons. The molecule has 4 heteroatoms. The van der Waals surface area contributed by atoms with E-state index in [9.17, 15) is 9.59 Å². The number of ether oxygens (including phenoxy) is 2. The number of ketones is 1. The normalized spacial score (nSPS) is 21.9. The van der Waals surface area contributed by atoms with Gasteiger partial charge in [-0.1, -0.05) is 30.4 Å². The number of carbonyl (C=O) groups excluding carboxylic acids is 2. The Labute approximate surface area is 112 Å². The lowest BCUT2D eigenvalue weighted by Crippen LogP contribution is -2.46. The van der Waals surface area contributed by atoms with Crippen LogP contribution < -0.4 is 0 Å². The standard InChI is InChI=1S/C15H16O4/c1-12(16)15(9-5-6-10-19-15)11-18-14(17)13-7-3-2-4-8-13/h2-8H,9-11H2,1H3. The van der Waals surface area contributed by atoms with E-state index in [1.807, 2.05) is 18.2 Å². The van der Waals surface area contributed by atoms with E-state index in [-0.39, 0.29) is 12.4 Å².